The molecule has 1 saturated heterocycles. The first-order chi connectivity index (χ1) is 13.7. The minimum Gasteiger partial charge on any atom is -0.456 e. The number of rotatable bonds is 5. The number of furan rings is 1. The number of amides is 2. The van der Waals surface area contributed by atoms with Gasteiger partial charge in [0.25, 0.3) is 5.91 Å². The number of nitrogens with zero attached hydrogens (tertiary/aromatic N) is 1. The quantitative estimate of drug-likeness (QED) is 0.794. The summed E-state index contributed by atoms with van der Waals surface area (Å²) in [6, 6.07) is 7.70. The van der Waals surface area contributed by atoms with Crippen molar-refractivity contribution in [3.8, 4) is 0 Å². The van der Waals surface area contributed by atoms with Gasteiger partial charge in [0.05, 0.1) is 12.1 Å². The normalized spacial score (nSPS) is 15.9. The zero-order valence-corrected chi connectivity index (χ0v) is 15.9. The lowest BCUT2D eigenvalue weighted by atomic mass is 10.0. The Hall–Kier alpha value is -2.81. The largest absolute Gasteiger partial charge is 0.456 e. The van der Waals surface area contributed by atoms with Crippen LogP contribution in [0, 0.1) is 6.92 Å². The minimum atomic E-state index is -4.40. The highest BCUT2D eigenvalue weighted by molar-refractivity contribution is 5.92. The average Bonchev–Trinajstić information content (AvgIpc) is 3.09. The Balaban J connectivity index is 1.42. The third kappa shape index (κ3) is 5.83. The molecule has 1 aromatic carbocycles. The van der Waals surface area contributed by atoms with E-state index in [0.717, 1.165) is 12.1 Å². The van der Waals surface area contributed by atoms with Crippen LogP contribution in [0.25, 0.3) is 0 Å². The molecule has 0 spiro atoms. The number of anilines is 1. The third-order valence-corrected chi connectivity index (χ3v) is 4.75. The van der Waals surface area contributed by atoms with Crippen molar-refractivity contribution in [2.75, 3.05) is 25.0 Å². The molecule has 2 aromatic rings. The van der Waals surface area contributed by atoms with Crippen LogP contribution in [-0.4, -0.2) is 42.4 Å². The molecular weight excluding hydrogens is 387 g/mol. The predicted octanol–water partition coefficient (Wildman–Crippen LogP) is 3.44. The Kier molecular flexibility index (Phi) is 6.26. The van der Waals surface area contributed by atoms with Crippen molar-refractivity contribution >= 4 is 17.5 Å². The third-order valence-electron chi connectivity index (χ3n) is 4.75. The zero-order chi connectivity index (χ0) is 21.0. The topological polar surface area (TPSA) is 74.6 Å². The van der Waals surface area contributed by atoms with Gasteiger partial charge in [0, 0.05) is 24.8 Å². The van der Waals surface area contributed by atoms with Gasteiger partial charge in [0.1, 0.15) is 5.76 Å². The number of nitrogens with one attached hydrogen (secondary N) is 2. The summed E-state index contributed by atoms with van der Waals surface area (Å²) in [6.07, 6.45) is -3.02. The molecule has 0 radical (unpaired) electrons. The van der Waals surface area contributed by atoms with Crippen molar-refractivity contribution in [2.24, 2.45) is 0 Å². The number of likely N-dealkylation sites (tertiary alicyclic amines) is 1. The lowest BCUT2D eigenvalue weighted by Gasteiger charge is -2.31. The van der Waals surface area contributed by atoms with E-state index in [0.29, 0.717) is 37.4 Å². The van der Waals surface area contributed by atoms with Gasteiger partial charge in [-0.3, -0.25) is 14.5 Å². The fraction of sp³-hybridized carbons (Fsp3) is 0.400. The van der Waals surface area contributed by atoms with Crippen molar-refractivity contribution in [3.63, 3.8) is 0 Å². The molecule has 6 nitrogen and oxygen atoms in total. The van der Waals surface area contributed by atoms with E-state index in [2.05, 4.69) is 10.6 Å². The van der Waals surface area contributed by atoms with Crippen LogP contribution in [0.2, 0.25) is 0 Å². The molecule has 0 bridgehead atoms. The van der Waals surface area contributed by atoms with Crippen LogP contribution in [0.15, 0.2) is 40.8 Å². The summed E-state index contributed by atoms with van der Waals surface area (Å²) >= 11 is 0. The Morgan fingerprint density at radius 2 is 1.76 bits per heavy atom. The highest BCUT2D eigenvalue weighted by atomic mass is 19.4. The molecule has 1 aliphatic heterocycles. The summed E-state index contributed by atoms with van der Waals surface area (Å²) < 4.78 is 43.0. The lowest BCUT2D eigenvalue weighted by Crippen LogP contribution is -2.46. The standard InChI is InChI=1S/C20H22F3N3O3/c1-13-2-7-17(29-13)19(28)25-16-8-10-26(11-9-16)12-18(27)24-15-5-3-14(4-6-15)20(21,22)23/h2-7,16H,8-12H2,1H3,(H,24,27)(H,25,28). The first kappa shape index (κ1) is 20.9. The molecule has 29 heavy (non-hydrogen) atoms. The molecule has 1 aromatic heterocycles. The number of hydrogen-bond acceptors (Lipinski definition) is 4. The molecule has 2 N–H and O–H groups in total. The van der Waals surface area contributed by atoms with E-state index in [1.54, 1.807) is 19.1 Å². The van der Waals surface area contributed by atoms with E-state index in [1.165, 1.54) is 12.1 Å². The molecule has 9 heteroatoms. The summed E-state index contributed by atoms with van der Waals surface area (Å²) in [7, 11) is 0. The molecule has 0 aliphatic carbocycles. The van der Waals surface area contributed by atoms with Gasteiger partial charge in [0.2, 0.25) is 5.91 Å². The molecule has 1 fully saturated rings. The van der Waals surface area contributed by atoms with Crippen LogP contribution in [-0.2, 0) is 11.0 Å². The number of alkyl halides is 3. The van der Waals surface area contributed by atoms with Crippen LogP contribution < -0.4 is 10.6 Å². The Morgan fingerprint density at radius 3 is 2.31 bits per heavy atom. The molecule has 1 aliphatic rings. The molecule has 0 saturated carbocycles. The molecule has 2 heterocycles. The van der Waals surface area contributed by atoms with E-state index < -0.39 is 11.7 Å². The van der Waals surface area contributed by atoms with Crippen molar-refractivity contribution in [1.29, 1.82) is 0 Å². The molecule has 156 valence electrons. The molecular formula is C20H22F3N3O3. The van der Waals surface area contributed by atoms with Gasteiger partial charge in [-0.15, -0.1) is 0 Å². The second-order valence-electron chi connectivity index (χ2n) is 7.06. The monoisotopic (exact) mass is 409 g/mol. The SMILES string of the molecule is Cc1ccc(C(=O)NC2CCN(CC(=O)Nc3ccc(C(F)(F)F)cc3)CC2)o1. The number of aryl methyl sites for hydroxylation is 1. The predicted molar refractivity (Wildman–Crippen MR) is 100 cm³/mol. The number of carbonyl (C=O) groups excluding carboxylic acids is 2. The minimum absolute atomic E-state index is 0.00197. The summed E-state index contributed by atoms with van der Waals surface area (Å²) in [5.74, 6) is 0.403. The second kappa shape index (κ2) is 8.69. The summed E-state index contributed by atoms with van der Waals surface area (Å²) in [5.41, 5.74) is -0.441. The molecule has 3 rings (SSSR count). The number of benzene rings is 1. The van der Waals surface area contributed by atoms with E-state index in [1.807, 2.05) is 4.90 Å². The van der Waals surface area contributed by atoms with Gasteiger partial charge in [0.15, 0.2) is 5.76 Å². The summed E-state index contributed by atoms with van der Waals surface area (Å²) in [4.78, 5) is 26.2. The van der Waals surface area contributed by atoms with Gasteiger partial charge in [-0.1, -0.05) is 0 Å². The average molecular weight is 409 g/mol. The van der Waals surface area contributed by atoms with Gasteiger partial charge < -0.3 is 15.1 Å². The van der Waals surface area contributed by atoms with Crippen molar-refractivity contribution in [3.05, 3.63) is 53.5 Å². The Morgan fingerprint density at radius 1 is 1.10 bits per heavy atom. The number of carbonyl (C=O) groups is 2. The lowest BCUT2D eigenvalue weighted by molar-refractivity contribution is -0.137. The zero-order valence-electron chi connectivity index (χ0n) is 15.9. The van der Waals surface area contributed by atoms with Crippen LogP contribution in [0.4, 0.5) is 18.9 Å². The second-order valence-corrected chi connectivity index (χ2v) is 7.06. The van der Waals surface area contributed by atoms with E-state index in [9.17, 15) is 22.8 Å². The summed E-state index contributed by atoms with van der Waals surface area (Å²) in [6.45, 7) is 3.16. The van der Waals surface area contributed by atoms with Crippen LogP contribution in [0.1, 0.15) is 34.7 Å². The number of hydrogen-bond donors (Lipinski definition) is 2. The highest BCUT2D eigenvalue weighted by Crippen LogP contribution is 2.29. The highest BCUT2D eigenvalue weighted by Gasteiger charge is 2.30. The van der Waals surface area contributed by atoms with E-state index >= 15 is 0 Å². The van der Waals surface area contributed by atoms with Crippen LogP contribution in [0.5, 0.6) is 0 Å². The van der Waals surface area contributed by atoms with Gasteiger partial charge in [-0.05, 0) is 56.2 Å². The number of piperidine rings is 1. The fourth-order valence-corrected chi connectivity index (χ4v) is 3.19. The van der Waals surface area contributed by atoms with Crippen molar-refractivity contribution < 1.29 is 27.2 Å². The Labute approximate surface area is 166 Å². The molecule has 0 atom stereocenters. The first-order valence-corrected chi connectivity index (χ1v) is 9.27. The van der Waals surface area contributed by atoms with E-state index in [-0.39, 0.29) is 30.2 Å². The number of halogens is 3. The maximum atomic E-state index is 12.6. The molecule has 2 amide bonds. The van der Waals surface area contributed by atoms with Crippen molar-refractivity contribution in [1.82, 2.24) is 10.2 Å². The van der Waals surface area contributed by atoms with Crippen molar-refractivity contribution in [2.45, 2.75) is 32.0 Å². The maximum Gasteiger partial charge on any atom is 0.416 e. The smallest absolute Gasteiger partial charge is 0.416 e. The Bertz CT molecular complexity index is 854. The van der Waals surface area contributed by atoms with Gasteiger partial charge in [-0.2, -0.15) is 13.2 Å². The van der Waals surface area contributed by atoms with Crippen LogP contribution in [0.3, 0.4) is 0 Å². The van der Waals surface area contributed by atoms with Gasteiger partial charge >= 0.3 is 6.18 Å². The first-order valence-electron chi connectivity index (χ1n) is 9.27. The van der Waals surface area contributed by atoms with Gasteiger partial charge in [-0.25, -0.2) is 0 Å². The summed E-state index contributed by atoms with van der Waals surface area (Å²) in [5, 5.41) is 5.53. The molecule has 0 unspecified atom stereocenters. The fourth-order valence-electron chi connectivity index (χ4n) is 3.19. The maximum absolute atomic E-state index is 12.6. The van der Waals surface area contributed by atoms with E-state index in [4.69, 9.17) is 4.42 Å². The van der Waals surface area contributed by atoms with Crippen LogP contribution >= 0.6 is 0 Å².